The highest BCUT2D eigenvalue weighted by atomic mass is 32.2. The molecule has 0 aliphatic carbocycles. The number of hydrogen-bond donors (Lipinski definition) is 0. The van der Waals surface area contributed by atoms with Gasteiger partial charge in [0.25, 0.3) is 10.1 Å². The van der Waals surface area contributed by atoms with Gasteiger partial charge in [-0.05, 0) is 44.9 Å². The molecule has 0 aliphatic heterocycles. The third kappa shape index (κ3) is 3.32. The summed E-state index contributed by atoms with van der Waals surface area (Å²) in [6.45, 7) is 7.27. The van der Waals surface area contributed by atoms with Crippen molar-refractivity contribution in [1.82, 2.24) is 0 Å². The Morgan fingerprint density at radius 3 is 2.44 bits per heavy atom. The number of hydrogen-bond acceptors (Lipinski definition) is 3. The zero-order valence-electron chi connectivity index (χ0n) is 10.1. The summed E-state index contributed by atoms with van der Waals surface area (Å²) in [6.07, 6.45) is 0.637. The summed E-state index contributed by atoms with van der Waals surface area (Å²) in [4.78, 5) is 0.217. The third-order valence-corrected chi connectivity index (χ3v) is 3.97. The lowest BCUT2D eigenvalue weighted by molar-refractivity contribution is 0.114. The van der Waals surface area contributed by atoms with Crippen molar-refractivity contribution in [2.75, 3.05) is 0 Å². The Morgan fingerprint density at radius 1 is 1.31 bits per heavy atom. The maximum absolute atomic E-state index is 11.9. The Labute approximate surface area is 97.6 Å². The summed E-state index contributed by atoms with van der Waals surface area (Å²) in [5, 5.41) is 0. The van der Waals surface area contributed by atoms with Crippen molar-refractivity contribution in [2.24, 2.45) is 0 Å². The molecule has 0 amide bonds. The molecular weight excluding hydrogens is 224 g/mol. The maximum atomic E-state index is 11.9. The first-order valence-electron chi connectivity index (χ1n) is 5.29. The minimum absolute atomic E-state index is 0.217. The van der Waals surface area contributed by atoms with E-state index in [1.165, 1.54) is 0 Å². The maximum Gasteiger partial charge on any atom is 0.297 e. The molecule has 0 aliphatic rings. The lowest BCUT2D eigenvalue weighted by atomic mass is 10.1. The predicted molar refractivity (Wildman–Crippen MR) is 63.8 cm³/mol. The molecule has 0 fully saturated rings. The van der Waals surface area contributed by atoms with Gasteiger partial charge in [0.05, 0.1) is 10.5 Å². The Hall–Kier alpha value is -0.870. The molecule has 4 heteroatoms. The highest BCUT2D eigenvalue weighted by Crippen LogP contribution is 2.22. The van der Waals surface area contributed by atoms with Crippen molar-refractivity contribution in [3.8, 4) is 0 Å². The molecule has 0 aromatic heterocycles. The van der Waals surface area contributed by atoms with E-state index in [0.717, 1.165) is 5.56 Å². The zero-order valence-corrected chi connectivity index (χ0v) is 11.0. The predicted octanol–water partition coefficient (Wildman–Crippen LogP) is 2.89. The van der Waals surface area contributed by atoms with Crippen LogP contribution in [-0.4, -0.2) is 14.0 Å². The van der Waals surface area contributed by atoms with Gasteiger partial charge in [-0.1, -0.05) is 19.1 Å². The highest BCUT2D eigenvalue weighted by molar-refractivity contribution is 7.86. The van der Waals surface area contributed by atoms with Crippen molar-refractivity contribution in [1.29, 1.82) is 0 Å². The van der Waals surface area contributed by atoms with E-state index in [1.807, 2.05) is 19.9 Å². The van der Waals surface area contributed by atoms with Crippen LogP contribution < -0.4 is 0 Å². The van der Waals surface area contributed by atoms with E-state index in [2.05, 4.69) is 0 Å². The largest absolute Gasteiger partial charge is 0.297 e. The first kappa shape index (κ1) is 13.2. The molecular formula is C12H18O3S. The van der Waals surface area contributed by atoms with Crippen molar-refractivity contribution in [2.45, 2.75) is 44.6 Å². The summed E-state index contributed by atoms with van der Waals surface area (Å²) >= 11 is 0. The first-order valence-corrected chi connectivity index (χ1v) is 6.70. The Balaban J connectivity index is 3.04. The number of rotatable bonds is 4. The van der Waals surface area contributed by atoms with E-state index in [4.69, 9.17) is 4.18 Å². The summed E-state index contributed by atoms with van der Waals surface area (Å²) in [5.74, 6) is 0. The number of benzene rings is 1. The van der Waals surface area contributed by atoms with Gasteiger partial charge in [-0.3, -0.25) is 4.18 Å². The molecule has 0 radical (unpaired) electrons. The van der Waals surface area contributed by atoms with Gasteiger partial charge in [0.15, 0.2) is 0 Å². The monoisotopic (exact) mass is 242 g/mol. The normalized spacial score (nSPS) is 12.8. The summed E-state index contributed by atoms with van der Waals surface area (Å²) in [6, 6.07) is 6.73. The van der Waals surface area contributed by atoms with Gasteiger partial charge < -0.3 is 0 Å². The lowest BCUT2D eigenvalue weighted by Crippen LogP contribution is -2.27. The van der Waals surface area contributed by atoms with E-state index in [-0.39, 0.29) is 4.90 Å². The average Bonchev–Trinajstić information content (AvgIpc) is 2.16. The van der Waals surface area contributed by atoms with Crippen LogP contribution in [-0.2, 0) is 14.3 Å². The van der Waals surface area contributed by atoms with Crippen LogP contribution in [0.5, 0.6) is 0 Å². The van der Waals surface area contributed by atoms with E-state index < -0.39 is 15.7 Å². The minimum Gasteiger partial charge on any atom is -0.260 e. The Morgan fingerprint density at radius 2 is 1.94 bits per heavy atom. The van der Waals surface area contributed by atoms with Gasteiger partial charge in [-0.25, -0.2) is 0 Å². The van der Waals surface area contributed by atoms with Crippen molar-refractivity contribution < 1.29 is 12.6 Å². The molecule has 0 heterocycles. The minimum atomic E-state index is -3.65. The third-order valence-electron chi connectivity index (χ3n) is 2.46. The highest BCUT2D eigenvalue weighted by Gasteiger charge is 2.26. The van der Waals surface area contributed by atoms with Gasteiger partial charge in [0, 0.05) is 0 Å². The number of aryl methyl sites for hydroxylation is 1. The van der Waals surface area contributed by atoms with Gasteiger partial charge in [-0.15, -0.1) is 0 Å². The molecule has 0 atom stereocenters. The van der Waals surface area contributed by atoms with Crippen LogP contribution in [0.4, 0.5) is 0 Å². The van der Waals surface area contributed by atoms with Gasteiger partial charge in [-0.2, -0.15) is 8.42 Å². The van der Waals surface area contributed by atoms with E-state index >= 15 is 0 Å². The lowest BCUT2D eigenvalue weighted by Gasteiger charge is -2.22. The van der Waals surface area contributed by atoms with E-state index in [1.54, 1.807) is 32.0 Å². The molecule has 0 bridgehead atoms. The summed E-state index contributed by atoms with van der Waals surface area (Å²) in [7, 11) is -3.65. The quantitative estimate of drug-likeness (QED) is 0.762. The van der Waals surface area contributed by atoms with Crippen LogP contribution in [0, 0.1) is 6.92 Å². The molecule has 1 rings (SSSR count). The summed E-state index contributed by atoms with van der Waals surface area (Å²) in [5.41, 5.74) is 0.238. The van der Waals surface area contributed by atoms with Crippen LogP contribution in [0.25, 0.3) is 0 Å². The van der Waals surface area contributed by atoms with Gasteiger partial charge in [0.2, 0.25) is 0 Å². The standard InChI is InChI=1S/C12H18O3S/c1-5-12(3,4)15-16(13,14)11-8-6-7-10(2)9-11/h6-9H,5H2,1-4H3. The van der Waals surface area contributed by atoms with Crippen molar-refractivity contribution >= 4 is 10.1 Å². The second-order valence-corrected chi connectivity index (χ2v) is 6.01. The van der Waals surface area contributed by atoms with Crippen LogP contribution in [0.2, 0.25) is 0 Å². The summed E-state index contributed by atoms with van der Waals surface area (Å²) < 4.78 is 29.1. The van der Waals surface area contributed by atoms with Gasteiger partial charge in [0.1, 0.15) is 0 Å². The molecule has 0 spiro atoms. The molecule has 0 saturated heterocycles. The molecule has 1 aromatic carbocycles. The smallest absolute Gasteiger partial charge is 0.260 e. The Bertz CT molecular complexity index is 461. The molecule has 0 saturated carbocycles. The van der Waals surface area contributed by atoms with Crippen molar-refractivity contribution in [3.63, 3.8) is 0 Å². The molecule has 3 nitrogen and oxygen atoms in total. The first-order chi connectivity index (χ1) is 7.27. The SMILES string of the molecule is CCC(C)(C)OS(=O)(=O)c1cccc(C)c1. The van der Waals surface area contributed by atoms with Crippen LogP contribution >= 0.6 is 0 Å². The average molecular weight is 242 g/mol. The molecule has 90 valence electrons. The fraction of sp³-hybridized carbons (Fsp3) is 0.500. The van der Waals surface area contributed by atoms with Crippen LogP contribution in [0.1, 0.15) is 32.8 Å². The van der Waals surface area contributed by atoms with Crippen LogP contribution in [0.15, 0.2) is 29.2 Å². The fourth-order valence-corrected chi connectivity index (χ4v) is 2.56. The Kier molecular flexibility index (Phi) is 3.76. The zero-order chi connectivity index (χ0) is 12.4. The molecule has 0 N–H and O–H groups in total. The van der Waals surface area contributed by atoms with E-state index in [0.29, 0.717) is 6.42 Å². The van der Waals surface area contributed by atoms with Gasteiger partial charge >= 0.3 is 0 Å². The fourth-order valence-electron chi connectivity index (χ4n) is 1.17. The topological polar surface area (TPSA) is 43.4 Å². The van der Waals surface area contributed by atoms with E-state index in [9.17, 15) is 8.42 Å². The van der Waals surface area contributed by atoms with Crippen molar-refractivity contribution in [3.05, 3.63) is 29.8 Å². The molecule has 0 unspecified atom stereocenters. The van der Waals surface area contributed by atoms with Crippen LogP contribution in [0.3, 0.4) is 0 Å². The molecule has 16 heavy (non-hydrogen) atoms. The molecule has 1 aromatic rings. The second kappa shape index (κ2) is 4.55. The second-order valence-electron chi connectivity index (χ2n) is 4.47.